The first-order chi connectivity index (χ1) is 22.2. The number of likely N-dealkylation sites (N-methyl/N-ethyl adjacent to an activating group) is 1. The van der Waals surface area contributed by atoms with Crippen molar-refractivity contribution in [1.29, 1.82) is 0 Å². The summed E-state index contributed by atoms with van der Waals surface area (Å²) in [5.41, 5.74) is 1.34. The summed E-state index contributed by atoms with van der Waals surface area (Å²) in [6, 6.07) is 16.0. The maximum absolute atomic E-state index is 14.1. The Bertz CT molecular complexity index is 1380. The van der Waals surface area contributed by atoms with E-state index in [1.165, 1.54) is 5.56 Å². The number of amides is 4. The Morgan fingerprint density at radius 3 is 2.48 bits per heavy atom. The molecule has 0 unspecified atom stereocenters. The summed E-state index contributed by atoms with van der Waals surface area (Å²) in [6.07, 6.45) is 6.18. The molecule has 2 heterocycles. The second-order valence-electron chi connectivity index (χ2n) is 13.4. The van der Waals surface area contributed by atoms with E-state index in [1.807, 2.05) is 36.9 Å². The molecule has 0 aromatic heterocycles. The van der Waals surface area contributed by atoms with Gasteiger partial charge in [-0.05, 0) is 70.2 Å². The highest BCUT2D eigenvalue weighted by Crippen LogP contribution is 2.34. The maximum Gasteiger partial charge on any atom is 0.258 e. The van der Waals surface area contributed by atoms with Crippen LogP contribution in [0.15, 0.2) is 54.6 Å². The van der Waals surface area contributed by atoms with Gasteiger partial charge in [-0.2, -0.15) is 0 Å². The molecule has 10 heteroatoms. The molecule has 3 atom stereocenters. The van der Waals surface area contributed by atoms with Crippen LogP contribution >= 0.6 is 0 Å². The Hall–Kier alpha value is -3.92. The molecule has 1 saturated carbocycles. The van der Waals surface area contributed by atoms with E-state index in [-0.39, 0.29) is 47.2 Å². The minimum absolute atomic E-state index is 0.00495. The topological polar surface area (TPSA) is 111 Å². The number of benzene rings is 2. The molecule has 1 aliphatic carbocycles. The minimum atomic E-state index is -0.773. The average molecular weight is 632 g/mol. The van der Waals surface area contributed by atoms with Crippen LogP contribution in [0.25, 0.3) is 0 Å². The van der Waals surface area contributed by atoms with Gasteiger partial charge in [0, 0.05) is 37.8 Å². The van der Waals surface area contributed by atoms with Gasteiger partial charge in [0.15, 0.2) is 6.61 Å². The number of likely N-dealkylation sites (tertiary alicyclic amines) is 1. The zero-order valence-corrected chi connectivity index (χ0v) is 27.5. The molecule has 2 aliphatic heterocycles. The molecule has 10 nitrogen and oxygen atoms in total. The number of carbonyl (C=O) groups excluding carboxylic acids is 4. The summed E-state index contributed by atoms with van der Waals surface area (Å²) in [5.74, 6) is -0.614. The van der Waals surface area contributed by atoms with Crippen LogP contribution in [0.5, 0.6) is 5.75 Å². The van der Waals surface area contributed by atoms with Gasteiger partial charge in [0.2, 0.25) is 11.8 Å². The first-order valence-electron chi connectivity index (χ1n) is 16.8. The number of hydrogen-bond acceptors (Lipinski definition) is 6. The lowest BCUT2D eigenvalue weighted by atomic mass is 10.0. The maximum atomic E-state index is 14.1. The smallest absolute Gasteiger partial charge is 0.258 e. The highest BCUT2D eigenvalue weighted by molar-refractivity contribution is 6.00. The molecule has 0 spiro atoms. The Kier molecular flexibility index (Phi) is 11.0. The monoisotopic (exact) mass is 631 g/mol. The zero-order valence-electron chi connectivity index (χ0n) is 27.5. The van der Waals surface area contributed by atoms with E-state index in [2.05, 4.69) is 34.7 Å². The van der Waals surface area contributed by atoms with Crippen LogP contribution < -0.4 is 15.4 Å². The van der Waals surface area contributed by atoms with E-state index in [9.17, 15) is 19.2 Å². The summed E-state index contributed by atoms with van der Waals surface area (Å²) in [4.78, 5) is 59.9. The lowest BCUT2D eigenvalue weighted by molar-refractivity contribution is -0.146. The van der Waals surface area contributed by atoms with E-state index in [4.69, 9.17) is 4.74 Å². The molecule has 248 valence electrons. The molecule has 3 aliphatic rings. The molecular weight excluding hydrogens is 582 g/mol. The molecule has 2 saturated heterocycles. The quantitative estimate of drug-likeness (QED) is 0.351. The highest BCUT2D eigenvalue weighted by atomic mass is 16.5. The normalized spacial score (nSPS) is 21.4. The van der Waals surface area contributed by atoms with E-state index in [1.54, 1.807) is 29.2 Å². The second-order valence-corrected chi connectivity index (χ2v) is 13.4. The van der Waals surface area contributed by atoms with E-state index >= 15 is 0 Å². The van der Waals surface area contributed by atoms with Gasteiger partial charge in [0.1, 0.15) is 17.8 Å². The summed E-state index contributed by atoms with van der Waals surface area (Å²) in [5, 5.41) is 5.91. The van der Waals surface area contributed by atoms with E-state index in [0.717, 1.165) is 45.1 Å². The fraction of sp³-hybridized carbons (Fsp3) is 0.556. The third-order valence-electron chi connectivity index (χ3n) is 9.61. The molecule has 3 fully saturated rings. The summed E-state index contributed by atoms with van der Waals surface area (Å²) >= 11 is 0. The molecule has 5 rings (SSSR count). The molecule has 46 heavy (non-hydrogen) atoms. The standard InChI is InChI=1S/C36H49N5O5/c1-4-5-15-29(37-33(43)28-14-9-10-17-31(28)46-25-32(42)38-36(2)18-19-36)34(44)41-20-11-16-30(41)35(45)40-22-21-39(3)27(24-40)23-26-12-7-6-8-13-26/h6-10,12-14,17,27,29-30H,4-5,11,15-16,18-25H2,1-3H3,(H,37,43)(H,38,42)/t27-,29+,30+/m0/s1. The number of unbranched alkanes of at least 4 members (excludes halogenated alkanes) is 1. The molecule has 0 radical (unpaired) electrons. The van der Waals surface area contributed by atoms with Crippen molar-refractivity contribution in [2.45, 2.75) is 88.9 Å². The van der Waals surface area contributed by atoms with Gasteiger partial charge < -0.3 is 25.2 Å². The fourth-order valence-corrected chi connectivity index (χ4v) is 6.46. The van der Waals surface area contributed by atoms with Crippen LogP contribution in [-0.4, -0.2) is 102 Å². The largest absolute Gasteiger partial charge is 0.483 e. The van der Waals surface area contributed by atoms with Gasteiger partial charge in [0.05, 0.1) is 5.56 Å². The molecule has 2 aromatic rings. The predicted octanol–water partition coefficient (Wildman–Crippen LogP) is 3.40. The van der Waals surface area contributed by atoms with Crippen molar-refractivity contribution in [3.05, 3.63) is 65.7 Å². The molecule has 2 aromatic carbocycles. The fourth-order valence-electron chi connectivity index (χ4n) is 6.46. The van der Waals surface area contributed by atoms with Crippen molar-refractivity contribution in [2.75, 3.05) is 39.8 Å². The van der Waals surface area contributed by atoms with Crippen LogP contribution in [-0.2, 0) is 20.8 Å². The Labute approximate surface area is 272 Å². The highest BCUT2D eigenvalue weighted by Gasteiger charge is 2.41. The lowest BCUT2D eigenvalue weighted by Crippen LogP contribution is -2.59. The number of piperazine rings is 1. The van der Waals surface area contributed by atoms with Crippen molar-refractivity contribution in [2.24, 2.45) is 0 Å². The number of nitrogens with one attached hydrogen (secondary N) is 2. The van der Waals surface area contributed by atoms with Crippen LogP contribution in [0.1, 0.15) is 74.7 Å². The Morgan fingerprint density at radius 2 is 1.74 bits per heavy atom. The van der Waals surface area contributed by atoms with Gasteiger partial charge in [-0.1, -0.05) is 62.2 Å². The van der Waals surface area contributed by atoms with Crippen molar-refractivity contribution in [1.82, 2.24) is 25.3 Å². The summed E-state index contributed by atoms with van der Waals surface area (Å²) in [7, 11) is 2.11. The van der Waals surface area contributed by atoms with Gasteiger partial charge >= 0.3 is 0 Å². The second kappa shape index (κ2) is 15.1. The van der Waals surface area contributed by atoms with Crippen LogP contribution in [0, 0.1) is 0 Å². The number of ether oxygens (including phenoxy) is 1. The first kappa shape index (κ1) is 33.4. The Morgan fingerprint density at radius 1 is 1.00 bits per heavy atom. The van der Waals surface area contributed by atoms with Crippen LogP contribution in [0.3, 0.4) is 0 Å². The first-order valence-corrected chi connectivity index (χ1v) is 16.8. The van der Waals surface area contributed by atoms with Gasteiger partial charge in [0.25, 0.3) is 11.8 Å². The number of nitrogens with zero attached hydrogens (tertiary/aromatic N) is 3. The molecular formula is C36H49N5O5. The molecule has 4 amide bonds. The lowest BCUT2D eigenvalue weighted by Gasteiger charge is -2.41. The molecule has 0 bridgehead atoms. The third kappa shape index (κ3) is 8.46. The SMILES string of the molecule is CCCC[C@@H](NC(=O)c1ccccc1OCC(=O)NC1(C)CC1)C(=O)N1CCC[C@@H]1C(=O)N1CCN(C)[C@@H](Cc2ccccc2)C1. The van der Waals surface area contributed by atoms with E-state index < -0.39 is 18.0 Å². The number of para-hydroxylation sites is 1. The van der Waals surface area contributed by atoms with E-state index in [0.29, 0.717) is 32.5 Å². The van der Waals surface area contributed by atoms with Gasteiger partial charge in [-0.3, -0.25) is 24.1 Å². The van der Waals surface area contributed by atoms with Crippen molar-refractivity contribution in [3.63, 3.8) is 0 Å². The van der Waals surface area contributed by atoms with Gasteiger partial charge in [-0.15, -0.1) is 0 Å². The summed E-state index contributed by atoms with van der Waals surface area (Å²) < 4.78 is 5.76. The minimum Gasteiger partial charge on any atom is -0.483 e. The van der Waals surface area contributed by atoms with Crippen LogP contribution in [0.2, 0.25) is 0 Å². The van der Waals surface area contributed by atoms with Crippen LogP contribution in [0.4, 0.5) is 0 Å². The van der Waals surface area contributed by atoms with Crippen molar-refractivity contribution < 1.29 is 23.9 Å². The summed E-state index contributed by atoms with van der Waals surface area (Å²) in [6.45, 7) is 6.35. The third-order valence-corrected chi connectivity index (χ3v) is 9.61. The Balaban J connectivity index is 1.23. The predicted molar refractivity (Wildman–Crippen MR) is 176 cm³/mol. The zero-order chi connectivity index (χ0) is 32.7. The van der Waals surface area contributed by atoms with Gasteiger partial charge in [-0.25, -0.2) is 0 Å². The molecule has 2 N–H and O–H groups in total. The number of hydrogen-bond donors (Lipinski definition) is 2. The number of carbonyl (C=O) groups is 4. The average Bonchev–Trinajstić information content (AvgIpc) is 3.57. The number of rotatable bonds is 13. The van der Waals surface area contributed by atoms with Crippen molar-refractivity contribution in [3.8, 4) is 5.75 Å². The van der Waals surface area contributed by atoms with Crippen molar-refractivity contribution >= 4 is 23.6 Å².